The molecule has 0 radical (unpaired) electrons. The van der Waals surface area contributed by atoms with Crippen LogP contribution in [-0.2, 0) is 24.0 Å². The van der Waals surface area contributed by atoms with E-state index in [0.717, 1.165) is 34.8 Å². The molecule has 0 aliphatic rings. The summed E-state index contributed by atoms with van der Waals surface area (Å²) < 4.78 is 45.7. The zero-order chi connectivity index (χ0) is 19.6. The van der Waals surface area contributed by atoms with Gasteiger partial charge in [-0.2, -0.15) is 18.3 Å². The number of hydrogen-bond donors (Lipinski definition) is 1. The number of aromatic nitrogens is 3. The van der Waals surface area contributed by atoms with Crippen molar-refractivity contribution < 1.29 is 17.9 Å². The van der Waals surface area contributed by atoms with Gasteiger partial charge in [0.25, 0.3) is 0 Å². The monoisotopic (exact) mass is 378 g/mol. The maximum atomic E-state index is 12.9. The summed E-state index contributed by atoms with van der Waals surface area (Å²) >= 11 is 0. The van der Waals surface area contributed by atoms with Gasteiger partial charge in [0.05, 0.1) is 29.9 Å². The molecule has 0 saturated heterocycles. The van der Waals surface area contributed by atoms with Gasteiger partial charge < -0.3 is 10.1 Å². The molecule has 3 aromatic rings. The number of rotatable bonds is 6. The van der Waals surface area contributed by atoms with Crippen molar-refractivity contribution in [3.63, 3.8) is 0 Å². The van der Waals surface area contributed by atoms with E-state index >= 15 is 0 Å². The van der Waals surface area contributed by atoms with E-state index in [1.807, 2.05) is 18.5 Å². The highest BCUT2D eigenvalue weighted by Crippen LogP contribution is 2.32. The molecule has 8 heteroatoms. The molecule has 3 rings (SSSR count). The first-order chi connectivity index (χ1) is 12.8. The highest BCUT2D eigenvalue weighted by atomic mass is 19.4. The number of nitrogens with one attached hydrogen (secondary N) is 1. The second kappa shape index (κ2) is 7.56. The largest absolute Gasteiger partial charge is 0.416 e. The van der Waals surface area contributed by atoms with Gasteiger partial charge in [-0.05, 0) is 32.0 Å². The highest BCUT2D eigenvalue weighted by Gasteiger charge is 2.30. The molecule has 0 fully saturated rings. The van der Waals surface area contributed by atoms with Crippen LogP contribution in [-0.4, -0.2) is 28.5 Å². The second-order valence-corrected chi connectivity index (χ2v) is 6.31. The Hall–Kier alpha value is -2.61. The Morgan fingerprint density at radius 2 is 1.96 bits per heavy atom. The van der Waals surface area contributed by atoms with E-state index < -0.39 is 11.7 Å². The van der Waals surface area contributed by atoms with Crippen LogP contribution in [0.1, 0.15) is 22.5 Å². The van der Waals surface area contributed by atoms with Gasteiger partial charge in [-0.3, -0.25) is 9.67 Å². The number of methoxy groups -OCH3 is 1. The molecule has 1 aromatic carbocycles. The van der Waals surface area contributed by atoms with Crippen molar-refractivity contribution >= 4 is 16.6 Å². The molecule has 0 amide bonds. The molecule has 2 heterocycles. The van der Waals surface area contributed by atoms with Crippen LogP contribution in [0.15, 0.2) is 30.5 Å². The molecule has 0 spiro atoms. The van der Waals surface area contributed by atoms with E-state index in [4.69, 9.17) is 4.74 Å². The quantitative estimate of drug-likeness (QED) is 0.694. The van der Waals surface area contributed by atoms with E-state index in [1.165, 1.54) is 12.3 Å². The maximum Gasteiger partial charge on any atom is 0.416 e. The number of aryl methyl sites for hydroxylation is 1. The molecule has 0 bridgehead atoms. The van der Waals surface area contributed by atoms with Crippen molar-refractivity contribution in [3.05, 3.63) is 53.0 Å². The van der Waals surface area contributed by atoms with Gasteiger partial charge in [-0.15, -0.1) is 0 Å². The summed E-state index contributed by atoms with van der Waals surface area (Å²) in [5.74, 6) is 0. The molecule has 0 saturated carbocycles. The number of anilines is 1. The lowest BCUT2D eigenvalue weighted by atomic mass is 10.1. The van der Waals surface area contributed by atoms with Crippen molar-refractivity contribution in [3.8, 4) is 0 Å². The van der Waals surface area contributed by atoms with Gasteiger partial charge in [0, 0.05) is 42.2 Å². The number of ether oxygens (including phenoxy) is 1. The van der Waals surface area contributed by atoms with E-state index in [0.29, 0.717) is 30.6 Å². The van der Waals surface area contributed by atoms with E-state index in [2.05, 4.69) is 15.4 Å². The normalized spacial score (nSPS) is 11.9. The molecule has 1 N–H and O–H groups in total. The van der Waals surface area contributed by atoms with Crippen LogP contribution >= 0.6 is 0 Å². The van der Waals surface area contributed by atoms with Crippen LogP contribution in [0.25, 0.3) is 10.9 Å². The van der Waals surface area contributed by atoms with Crippen LogP contribution in [0.2, 0.25) is 0 Å². The maximum absolute atomic E-state index is 12.9. The second-order valence-electron chi connectivity index (χ2n) is 6.31. The Morgan fingerprint density at radius 1 is 1.19 bits per heavy atom. The average molecular weight is 378 g/mol. The summed E-state index contributed by atoms with van der Waals surface area (Å²) in [4.78, 5) is 4.07. The fourth-order valence-electron chi connectivity index (χ4n) is 3.05. The molecule has 27 heavy (non-hydrogen) atoms. The summed E-state index contributed by atoms with van der Waals surface area (Å²) in [5.41, 5.74) is 3.34. The van der Waals surface area contributed by atoms with Gasteiger partial charge in [-0.1, -0.05) is 6.07 Å². The lowest BCUT2D eigenvalue weighted by Gasteiger charge is -2.12. The Morgan fingerprint density at radius 3 is 2.67 bits per heavy atom. The van der Waals surface area contributed by atoms with Gasteiger partial charge in [-0.25, -0.2) is 0 Å². The summed E-state index contributed by atoms with van der Waals surface area (Å²) in [6.45, 7) is 5.69. The molecule has 0 unspecified atom stereocenters. The first-order valence-electron chi connectivity index (χ1n) is 8.53. The van der Waals surface area contributed by atoms with Crippen molar-refractivity contribution in [2.75, 3.05) is 19.0 Å². The number of halogens is 3. The zero-order valence-corrected chi connectivity index (χ0v) is 15.4. The van der Waals surface area contributed by atoms with Crippen LogP contribution in [0.3, 0.4) is 0 Å². The molecule has 5 nitrogen and oxygen atoms in total. The first kappa shape index (κ1) is 19.2. The Balaban J connectivity index is 1.85. The minimum absolute atomic E-state index is 0.305. The third kappa shape index (κ3) is 4.05. The molecule has 0 atom stereocenters. The number of pyridine rings is 1. The Labute approximate surface area is 155 Å². The fourth-order valence-corrected chi connectivity index (χ4v) is 3.05. The number of benzene rings is 1. The molecule has 0 aliphatic carbocycles. The summed E-state index contributed by atoms with van der Waals surface area (Å²) in [7, 11) is 1.65. The predicted molar refractivity (Wildman–Crippen MR) is 97.6 cm³/mol. The van der Waals surface area contributed by atoms with Gasteiger partial charge in [0.2, 0.25) is 0 Å². The number of hydrogen-bond acceptors (Lipinski definition) is 4. The first-order valence-corrected chi connectivity index (χ1v) is 8.53. The fraction of sp³-hybridized carbons (Fsp3) is 0.368. The lowest BCUT2D eigenvalue weighted by Crippen LogP contribution is -2.08. The van der Waals surface area contributed by atoms with Crippen molar-refractivity contribution in [2.45, 2.75) is 33.1 Å². The molecular formula is C19H21F3N4O. The molecular weight excluding hydrogens is 357 g/mol. The van der Waals surface area contributed by atoms with Crippen LogP contribution in [0.4, 0.5) is 18.9 Å². The minimum atomic E-state index is -4.38. The molecule has 2 aromatic heterocycles. The number of fused-ring (bicyclic) bond motifs is 1. The SMILES string of the molecule is COCCn1nc(C)c(CNc2ccnc3cc(C(F)(F)F)ccc23)c1C. The minimum Gasteiger partial charge on any atom is -0.383 e. The zero-order valence-electron chi connectivity index (χ0n) is 15.4. The topological polar surface area (TPSA) is 52.0 Å². The van der Waals surface area contributed by atoms with E-state index in [1.54, 1.807) is 13.2 Å². The molecule has 0 aliphatic heterocycles. The van der Waals surface area contributed by atoms with Gasteiger partial charge in [0.1, 0.15) is 0 Å². The van der Waals surface area contributed by atoms with Crippen molar-refractivity contribution in [2.24, 2.45) is 0 Å². The Bertz CT molecular complexity index is 950. The van der Waals surface area contributed by atoms with Crippen molar-refractivity contribution in [1.29, 1.82) is 0 Å². The Kier molecular flexibility index (Phi) is 5.36. The highest BCUT2D eigenvalue weighted by molar-refractivity contribution is 5.91. The van der Waals surface area contributed by atoms with E-state index in [9.17, 15) is 13.2 Å². The standard InChI is InChI=1S/C19H21F3N4O/c1-12-16(13(2)26(25-12)8-9-27-3)11-24-17-6-7-23-18-10-14(19(20,21)22)4-5-15(17)18/h4-7,10H,8-9,11H2,1-3H3,(H,23,24). The number of nitrogens with zero attached hydrogens (tertiary/aromatic N) is 3. The third-order valence-electron chi connectivity index (χ3n) is 4.56. The summed E-state index contributed by atoms with van der Waals surface area (Å²) in [6, 6.07) is 5.36. The molecule has 144 valence electrons. The lowest BCUT2D eigenvalue weighted by molar-refractivity contribution is -0.137. The van der Waals surface area contributed by atoms with Crippen LogP contribution < -0.4 is 5.32 Å². The summed E-state index contributed by atoms with van der Waals surface area (Å²) in [6.07, 6.45) is -2.88. The van der Waals surface area contributed by atoms with Crippen molar-refractivity contribution in [1.82, 2.24) is 14.8 Å². The predicted octanol–water partition coefficient (Wildman–Crippen LogP) is 4.33. The van der Waals surface area contributed by atoms with Crippen LogP contribution in [0, 0.1) is 13.8 Å². The van der Waals surface area contributed by atoms with Gasteiger partial charge in [0.15, 0.2) is 0 Å². The average Bonchev–Trinajstić information content (AvgIpc) is 2.90. The van der Waals surface area contributed by atoms with Gasteiger partial charge >= 0.3 is 6.18 Å². The van der Waals surface area contributed by atoms with Crippen LogP contribution in [0.5, 0.6) is 0 Å². The smallest absolute Gasteiger partial charge is 0.383 e. The third-order valence-corrected chi connectivity index (χ3v) is 4.56. The van der Waals surface area contributed by atoms with E-state index in [-0.39, 0.29) is 0 Å². The summed E-state index contributed by atoms with van der Waals surface area (Å²) in [5, 5.41) is 8.47. The number of alkyl halides is 3.